The van der Waals surface area contributed by atoms with Crippen molar-refractivity contribution < 1.29 is 9.90 Å². The maximum absolute atomic E-state index is 10.6. The van der Waals surface area contributed by atoms with Crippen LogP contribution in [0.4, 0.5) is 0 Å². The molecule has 0 spiro atoms. The summed E-state index contributed by atoms with van der Waals surface area (Å²) < 4.78 is 1.77. The minimum Gasteiger partial charge on any atom is -0.476 e. The summed E-state index contributed by atoms with van der Waals surface area (Å²) in [6, 6.07) is 0. The Bertz CT molecular complexity index is 352. The first-order chi connectivity index (χ1) is 6.29. The van der Waals surface area contributed by atoms with Gasteiger partial charge in [-0.3, -0.25) is 0 Å². The first-order valence-electron chi connectivity index (χ1n) is 4.25. The molecule has 0 saturated carbocycles. The maximum Gasteiger partial charge on any atom is 0.356 e. The van der Waals surface area contributed by atoms with Crippen LogP contribution in [-0.2, 0) is 7.05 Å². The molecular weight excluding hydrogens is 200 g/mol. The highest BCUT2D eigenvalue weighted by Crippen LogP contribution is 2.30. The van der Waals surface area contributed by atoms with Gasteiger partial charge >= 0.3 is 5.97 Å². The number of carbonyl (C=O) groups is 1. The van der Waals surface area contributed by atoms with Crippen molar-refractivity contribution in [1.29, 1.82) is 0 Å². The molecular formula is C9H14N2O2S. The van der Waals surface area contributed by atoms with Crippen molar-refractivity contribution in [2.75, 3.05) is 0 Å². The Balaban J connectivity index is 2.94. The molecule has 0 amide bonds. The second-order valence-electron chi connectivity index (χ2n) is 4.04. The van der Waals surface area contributed by atoms with Gasteiger partial charge in [0.1, 0.15) is 0 Å². The minimum atomic E-state index is -0.985. The Kier molecular flexibility index (Phi) is 2.89. The van der Waals surface area contributed by atoms with Crippen LogP contribution in [0.2, 0.25) is 0 Å². The van der Waals surface area contributed by atoms with E-state index in [1.54, 1.807) is 23.4 Å². The number of aromatic carboxylic acids is 1. The molecule has 4 nitrogen and oxygen atoms in total. The van der Waals surface area contributed by atoms with Gasteiger partial charge in [0, 0.05) is 18.0 Å². The fraction of sp³-hybridized carbons (Fsp3) is 0.556. The van der Waals surface area contributed by atoms with E-state index in [0.717, 1.165) is 5.16 Å². The molecule has 0 fully saturated rings. The predicted molar refractivity (Wildman–Crippen MR) is 55.8 cm³/mol. The van der Waals surface area contributed by atoms with Gasteiger partial charge in [-0.05, 0) is 0 Å². The number of aromatic nitrogens is 2. The van der Waals surface area contributed by atoms with Crippen molar-refractivity contribution in [3.63, 3.8) is 0 Å². The second kappa shape index (κ2) is 3.65. The number of thioether (sulfide) groups is 1. The highest BCUT2D eigenvalue weighted by molar-refractivity contribution is 8.00. The van der Waals surface area contributed by atoms with Crippen molar-refractivity contribution >= 4 is 17.7 Å². The van der Waals surface area contributed by atoms with Crippen LogP contribution in [0.1, 0.15) is 31.3 Å². The molecule has 0 aliphatic rings. The van der Waals surface area contributed by atoms with E-state index in [1.165, 1.54) is 6.20 Å². The van der Waals surface area contributed by atoms with Crippen molar-refractivity contribution in [3.05, 3.63) is 11.9 Å². The van der Waals surface area contributed by atoms with Gasteiger partial charge in [-0.2, -0.15) is 0 Å². The lowest BCUT2D eigenvalue weighted by atomic mass is 10.3. The monoisotopic (exact) mass is 214 g/mol. The van der Waals surface area contributed by atoms with Crippen LogP contribution in [0.15, 0.2) is 11.4 Å². The highest BCUT2D eigenvalue weighted by atomic mass is 32.2. The molecule has 0 aromatic carbocycles. The number of imidazole rings is 1. The fourth-order valence-electron chi connectivity index (χ4n) is 0.921. The standard InChI is InChI=1S/C9H14N2O2S/c1-9(2,3)14-8-10-6(7(12)13)5-11(8)4/h5H,1-4H3,(H,12,13). The molecule has 0 radical (unpaired) electrons. The minimum absolute atomic E-state index is 0.0366. The summed E-state index contributed by atoms with van der Waals surface area (Å²) in [6.45, 7) is 6.19. The van der Waals surface area contributed by atoms with Crippen molar-refractivity contribution in [2.45, 2.75) is 30.7 Å². The van der Waals surface area contributed by atoms with E-state index in [0.29, 0.717) is 0 Å². The number of aryl methyl sites for hydroxylation is 1. The first-order valence-corrected chi connectivity index (χ1v) is 5.07. The summed E-state index contributed by atoms with van der Waals surface area (Å²) in [5.41, 5.74) is 0.0965. The molecule has 0 aliphatic carbocycles. The summed E-state index contributed by atoms with van der Waals surface area (Å²) >= 11 is 1.55. The van der Waals surface area contributed by atoms with E-state index in [4.69, 9.17) is 5.11 Å². The lowest BCUT2D eigenvalue weighted by molar-refractivity contribution is 0.0690. The van der Waals surface area contributed by atoms with Crippen LogP contribution in [0.5, 0.6) is 0 Å². The molecule has 1 aromatic heterocycles. The van der Waals surface area contributed by atoms with E-state index in [-0.39, 0.29) is 10.4 Å². The molecule has 5 heteroatoms. The van der Waals surface area contributed by atoms with Crippen molar-refractivity contribution in [1.82, 2.24) is 9.55 Å². The van der Waals surface area contributed by atoms with Gasteiger partial charge in [0.25, 0.3) is 0 Å². The summed E-state index contributed by atoms with van der Waals surface area (Å²) in [5, 5.41) is 9.47. The highest BCUT2D eigenvalue weighted by Gasteiger charge is 2.18. The van der Waals surface area contributed by atoms with Crippen LogP contribution in [0.25, 0.3) is 0 Å². The van der Waals surface area contributed by atoms with Gasteiger partial charge in [-0.1, -0.05) is 32.5 Å². The summed E-state index contributed by atoms with van der Waals surface area (Å²) in [5.74, 6) is -0.985. The van der Waals surface area contributed by atoms with Crippen LogP contribution in [-0.4, -0.2) is 25.4 Å². The second-order valence-corrected chi connectivity index (χ2v) is 5.83. The SMILES string of the molecule is Cn1cc(C(=O)O)nc1SC(C)(C)C. The molecule has 0 bridgehead atoms. The lowest BCUT2D eigenvalue weighted by Crippen LogP contribution is -2.08. The lowest BCUT2D eigenvalue weighted by Gasteiger charge is -2.16. The van der Waals surface area contributed by atoms with Crippen LogP contribution in [0.3, 0.4) is 0 Å². The van der Waals surface area contributed by atoms with E-state index in [1.807, 2.05) is 0 Å². The Labute approximate surface area is 87.3 Å². The van der Waals surface area contributed by atoms with Crippen LogP contribution in [0, 0.1) is 0 Å². The quantitative estimate of drug-likeness (QED) is 0.765. The molecule has 14 heavy (non-hydrogen) atoms. The number of carboxylic acids is 1. The van der Waals surface area contributed by atoms with Gasteiger partial charge in [0.05, 0.1) is 0 Å². The van der Waals surface area contributed by atoms with E-state index in [9.17, 15) is 4.79 Å². The predicted octanol–water partition coefficient (Wildman–Crippen LogP) is 2.01. The van der Waals surface area contributed by atoms with Gasteiger partial charge < -0.3 is 9.67 Å². The van der Waals surface area contributed by atoms with Gasteiger partial charge in [-0.25, -0.2) is 9.78 Å². The summed E-state index contributed by atoms with van der Waals surface area (Å²) in [4.78, 5) is 14.7. The molecule has 78 valence electrons. The zero-order valence-corrected chi connectivity index (χ0v) is 9.55. The van der Waals surface area contributed by atoms with E-state index >= 15 is 0 Å². The zero-order valence-electron chi connectivity index (χ0n) is 8.74. The van der Waals surface area contributed by atoms with Gasteiger partial charge in [-0.15, -0.1) is 0 Å². The normalized spacial score (nSPS) is 11.7. The molecule has 0 atom stereocenters. The third kappa shape index (κ3) is 2.77. The Morgan fingerprint density at radius 1 is 1.57 bits per heavy atom. The Morgan fingerprint density at radius 2 is 2.14 bits per heavy atom. The average Bonchev–Trinajstić information content (AvgIpc) is 2.29. The number of nitrogens with zero attached hydrogens (tertiary/aromatic N) is 2. The summed E-state index contributed by atoms with van der Waals surface area (Å²) in [6.07, 6.45) is 1.52. The fourth-order valence-corrected chi connectivity index (χ4v) is 1.81. The number of hydrogen-bond acceptors (Lipinski definition) is 3. The van der Waals surface area contributed by atoms with Crippen molar-refractivity contribution in [3.8, 4) is 0 Å². The van der Waals surface area contributed by atoms with Crippen molar-refractivity contribution in [2.24, 2.45) is 7.05 Å². The maximum atomic E-state index is 10.6. The molecule has 0 unspecified atom stereocenters. The zero-order chi connectivity index (χ0) is 10.9. The smallest absolute Gasteiger partial charge is 0.356 e. The van der Waals surface area contributed by atoms with Crippen LogP contribution < -0.4 is 0 Å². The first kappa shape index (κ1) is 11.1. The van der Waals surface area contributed by atoms with Gasteiger partial charge in [0.15, 0.2) is 10.9 Å². The molecule has 1 aromatic rings. The molecule has 0 saturated heterocycles. The largest absolute Gasteiger partial charge is 0.476 e. The summed E-state index contributed by atoms with van der Waals surface area (Å²) in [7, 11) is 1.80. The Hall–Kier alpha value is -0.970. The van der Waals surface area contributed by atoms with Crippen LogP contribution >= 0.6 is 11.8 Å². The average molecular weight is 214 g/mol. The molecule has 1 N–H and O–H groups in total. The topological polar surface area (TPSA) is 55.1 Å². The molecule has 0 aliphatic heterocycles. The van der Waals surface area contributed by atoms with Gasteiger partial charge in [0.2, 0.25) is 0 Å². The third-order valence-electron chi connectivity index (χ3n) is 1.45. The molecule has 1 rings (SSSR count). The number of rotatable bonds is 2. The Morgan fingerprint density at radius 3 is 2.50 bits per heavy atom. The molecule has 1 heterocycles. The van der Waals surface area contributed by atoms with E-state index in [2.05, 4.69) is 25.8 Å². The third-order valence-corrected chi connectivity index (χ3v) is 2.62. The van der Waals surface area contributed by atoms with E-state index < -0.39 is 5.97 Å². The number of hydrogen-bond donors (Lipinski definition) is 1. The number of carboxylic acid groups (broad SMARTS) is 1.